The van der Waals surface area contributed by atoms with Crippen LogP contribution in [0.4, 0.5) is 0 Å². The highest BCUT2D eigenvalue weighted by Gasteiger charge is 2.29. The molecule has 3 atom stereocenters. The Morgan fingerprint density at radius 3 is 2.32 bits per heavy atom. The molecule has 0 radical (unpaired) electrons. The van der Waals surface area contributed by atoms with E-state index in [0.717, 1.165) is 5.56 Å². The van der Waals surface area contributed by atoms with Gasteiger partial charge in [0.05, 0.1) is 6.04 Å². The number of nitrogens with two attached hydrogens (primary N) is 1. The first-order valence-corrected chi connectivity index (χ1v) is 9.40. The van der Waals surface area contributed by atoms with E-state index in [9.17, 15) is 19.5 Å². The van der Waals surface area contributed by atoms with Crippen molar-refractivity contribution in [2.75, 3.05) is 13.2 Å². The van der Waals surface area contributed by atoms with Crippen LogP contribution in [0.1, 0.15) is 38.7 Å². The molecule has 0 fully saturated rings. The van der Waals surface area contributed by atoms with Crippen molar-refractivity contribution in [2.24, 2.45) is 11.7 Å². The van der Waals surface area contributed by atoms with Crippen molar-refractivity contribution < 1.29 is 19.5 Å². The van der Waals surface area contributed by atoms with E-state index < -0.39 is 30.4 Å². The number of carbonyl (C=O) groups is 3. The molecule has 0 aliphatic heterocycles. The van der Waals surface area contributed by atoms with E-state index in [1.165, 1.54) is 0 Å². The van der Waals surface area contributed by atoms with Crippen molar-refractivity contribution in [3.8, 4) is 0 Å². The van der Waals surface area contributed by atoms with Gasteiger partial charge < -0.3 is 21.5 Å². The Morgan fingerprint density at radius 2 is 1.79 bits per heavy atom. The fraction of sp³-hybridized carbons (Fsp3) is 0.550. The number of ketones is 1. The summed E-state index contributed by atoms with van der Waals surface area (Å²) in [6, 6.07) is 8.04. The van der Waals surface area contributed by atoms with Gasteiger partial charge in [-0.3, -0.25) is 14.4 Å². The number of hydrogen-bond donors (Lipinski definition) is 4. The molecule has 1 rings (SSSR count). The van der Waals surface area contributed by atoms with Crippen LogP contribution < -0.4 is 16.4 Å². The summed E-state index contributed by atoms with van der Waals surface area (Å²) in [4.78, 5) is 36.7. The van der Waals surface area contributed by atoms with E-state index in [0.29, 0.717) is 19.3 Å². The van der Waals surface area contributed by atoms with Crippen molar-refractivity contribution >= 4 is 30.0 Å². The third-order valence-corrected chi connectivity index (χ3v) is 4.61. The molecule has 158 valence electrons. The Morgan fingerprint density at radius 1 is 1.14 bits per heavy atom. The van der Waals surface area contributed by atoms with Crippen LogP contribution in [-0.4, -0.2) is 47.9 Å². The van der Waals surface area contributed by atoms with Crippen LogP contribution in [0.3, 0.4) is 0 Å². The second-order valence-electron chi connectivity index (χ2n) is 6.68. The number of aliphatic hydroxyl groups excluding tert-OH is 1. The Balaban J connectivity index is 0.00000729. The minimum atomic E-state index is -0.805. The van der Waals surface area contributed by atoms with Gasteiger partial charge in [-0.05, 0) is 24.3 Å². The predicted molar refractivity (Wildman–Crippen MR) is 111 cm³/mol. The van der Waals surface area contributed by atoms with Crippen molar-refractivity contribution in [3.63, 3.8) is 0 Å². The second-order valence-corrected chi connectivity index (χ2v) is 6.68. The van der Waals surface area contributed by atoms with E-state index >= 15 is 0 Å². The van der Waals surface area contributed by atoms with Gasteiger partial charge in [0.15, 0.2) is 5.78 Å². The van der Waals surface area contributed by atoms with Crippen LogP contribution >= 0.6 is 12.4 Å². The number of Topliss-reactive ketones (excluding diaryl/α,β-unsaturated/α-hetero) is 1. The summed E-state index contributed by atoms with van der Waals surface area (Å²) in [5, 5.41) is 14.6. The molecule has 1 aromatic carbocycles. The Hall–Kier alpha value is -1.96. The molecule has 5 N–H and O–H groups in total. The smallest absolute Gasteiger partial charge is 0.243 e. The van der Waals surface area contributed by atoms with E-state index in [-0.39, 0.29) is 37.2 Å². The summed E-state index contributed by atoms with van der Waals surface area (Å²) in [7, 11) is 0. The summed E-state index contributed by atoms with van der Waals surface area (Å²) in [5.74, 6) is -1.27. The molecule has 0 bridgehead atoms. The second kappa shape index (κ2) is 14.1. The molecule has 0 aliphatic carbocycles. The van der Waals surface area contributed by atoms with E-state index in [4.69, 9.17) is 5.73 Å². The van der Waals surface area contributed by atoms with Crippen LogP contribution in [0.5, 0.6) is 0 Å². The minimum Gasteiger partial charge on any atom is -0.389 e. The average molecular weight is 414 g/mol. The Labute approximate surface area is 172 Å². The maximum atomic E-state index is 12.7. The molecule has 8 heteroatoms. The first-order chi connectivity index (χ1) is 12.9. The van der Waals surface area contributed by atoms with Crippen LogP contribution in [0.25, 0.3) is 0 Å². The van der Waals surface area contributed by atoms with E-state index in [2.05, 4.69) is 10.6 Å². The third-order valence-electron chi connectivity index (χ3n) is 4.61. The van der Waals surface area contributed by atoms with Gasteiger partial charge in [0.2, 0.25) is 11.8 Å². The van der Waals surface area contributed by atoms with Gasteiger partial charge in [0, 0.05) is 13.0 Å². The summed E-state index contributed by atoms with van der Waals surface area (Å²) in [6.45, 7) is 3.34. The molecule has 3 unspecified atom stereocenters. The first kappa shape index (κ1) is 26.0. The number of rotatable bonds is 12. The molecular weight excluding hydrogens is 382 g/mol. The fourth-order valence-electron chi connectivity index (χ4n) is 2.72. The van der Waals surface area contributed by atoms with Crippen LogP contribution in [0.15, 0.2) is 30.3 Å². The van der Waals surface area contributed by atoms with Gasteiger partial charge >= 0.3 is 0 Å². The molecule has 2 amide bonds. The van der Waals surface area contributed by atoms with Crippen LogP contribution in [-0.2, 0) is 20.8 Å². The van der Waals surface area contributed by atoms with Gasteiger partial charge in [-0.2, -0.15) is 0 Å². The van der Waals surface area contributed by atoms with Crippen molar-refractivity contribution in [2.45, 2.75) is 51.6 Å². The van der Waals surface area contributed by atoms with E-state index in [1.807, 2.05) is 44.2 Å². The maximum Gasteiger partial charge on any atom is 0.243 e. The highest BCUT2D eigenvalue weighted by atomic mass is 35.5. The molecule has 0 saturated heterocycles. The van der Waals surface area contributed by atoms with Crippen LogP contribution in [0.2, 0.25) is 0 Å². The maximum absolute atomic E-state index is 12.7. The van der Waals surface area contributed by atoms with Gasteiger partial charge in [0.25, 0.3) is 0 Å². The molecule has 0 saturated carbocycles. The molecule has 28 heavy (non-hydrogen) atoms. The van der Waals surface area contributed by atoms with Crippen molar-refractivity contribution in [3.05, 3.63) is 35.9 Å². The predicted octanol–water partition coefficient (Wildman–Crippen LogP) is 0.967. The number of carbonyl (C=O) groups excluding carboxylic acids is 3. The molecule has 0 heterocycles. The van der Waals surface area contributed by atoms with Crippen molar-refractivity contribution in [1.82, 2.24) is 10.6 Å². The average Bonchev–Trinajstić information content (AvgIpc) is 2.68. The first-order valence-electron chi connectivity index (χ1n) is 9.40. The molecule has 1 aromatic rings. The zero-order valence-corrected chi connectivity index (χ0v) is 17.3. The monoisotopic (exact) mass is 413 g/mol. The van der Waals surface area contributed by atoms with Gasteiger partial charge in [-0.25, -0.2) is 0 Å². The lowest BCUT2D eigenvalue weighted by Crippen LogP contribution is -2.54. The number of halogens is 1. The molecule has 0 aliphatic rings. The summed E-state index contributed by atoms with van der Waals surface area (Å²) in [5.41, 5.74) is 6.43. The van der Waals surface area contributed by atoms with Gasteiger partial charge in [-0.15, -0.1) is 12.4 Å². The van der Waals surface area contributed by atoms with Gasteiger partial charge in [0.1, 0.15) is 12.6 Å². The molecule has 7 nitrogen and oxygen atoms in total. The molecular formula is C20H32ClN3O4. The van der Waals surface area contributed by atoms with Gasteiger partial charge in [-0.1, -0.05) is 50.6 Å². The quantitative estimate of drug-likeness (QED) is 0.406. The zero-order valence-electron chi connectivity index (χ0n) is 16.5. The minimum absolute atomic E-state index is 0. The normalized spacial score (nSPS) is 13.6. The highest BCUT2D eigenvalue weighted by Crippen LogP contribution is 2.11. The zero-order chi connectivity index (χ0) is 20.2. The lowest BCUT2D eigenvalue weighted by Gasteiger charge is -2.26. The fourth-order valence-corrected chi connectivity index (χ4v) is 2.72. The number of hydrogen-bond acceptors (Lipinski definition) is 5. The molecule has 0 spiro atoms. The summed E-state index contributed by atoms with van der Waals surface area (Å²) in [6.07, 6.45) is 1.78. The number of nitrogens with one attached hydrogen (secondary N) is 2. The summed E-state index contributed by atoms with van der Waals surface area (Å²) >= 11 is 0. The number of benzene rings is 1. The SMILES string of the molecule is CCC(C)C(NC(=O)CCN)C(=O)NC(CCc1ccccc1)C(=O)CO.Cl. The largest absolute Gasteiger partial charge is 0.389 e. The van der Waals surface area contributed by atoms with Crippen LogP contribution in [0, 0.1) is 5.92 Å². The standard InChI is InChI=1S/C20H31N3O4.ClH/c1-3-14(2)19(23-18(26)11-12-21)20(27)22-16(17(25)13-24)10-9-15-7-5-4-6-8-15;/h4-8,14,16,19,24H,3,9-13,21H2,1-2H3,(H,22,27)(H,23,26);1H. The Kier molecular flexibility index (Phi) is 13.1. The van der Waals surface area contributed by atoms with E-state index in [1.54, 1.807) is 0 Å². The van der Waals surface area contributed by atoms with Crippen molar-refractivity contribution in [1.29, 1.82) is 0 Å². The lowest BCUT2D eigenvalue weighted by atomic mass is 9.96. The summed E-state index contributed by atoms with van der Waals surface area (Å²) < 4.78 is 0. The third kappa shape index (κ3) is 8.82. The number of aryl methyl sites for hydroxylation is 1. The molecule has 0 aromatic heterocycles. The topological polar surface area (TPSA) is 122 Å². The number of aliphatic hydroxyl groups is 1. The Bertz CT molecular complexity index is 613. The highest BCUT2D eigenvalue weighted by molar-refractivity contribution is 5.93. The lowest BCUT2D eigenvalue weighted by molar-refractivity contribution is -0.133. The number of amides is 2.